The summed E-state index contributed by atoms with van der Waals surface area (Å²) in [5.74, 6) is 1.93. The molecule has 2 fully saturated rings. The zero-order valence-electron chi connectivity index (χ0n) is 12.0. The molecule has 1 aliphatic carbocycles. The van der Waals surface area contributed by atoms with Gasteiger partial charge in [0.15, 0.2) is 0 Å². The number of benzene rings is 1. The van der Waals surface area contributed by atoms with Crippen molar-refractivity contribution in [3.8, 4) is 0 Å². The van der Waals surface area contributed by atoms with Crippen molar-refractivity contribution in [2.45, 2.75) is 38.6 Å². The van der Waals surface area contributed by atoms with E-state index in [1.165, 1.54) is 43.5 Å². The number of hydrogen-bond acceptors (Lipinski definition) is 2. The van der Waals surface area contributed by atoms with Crippen molar-refractivity contribution < 1.29 is 0 Å². The summed E-state index contributed by atoms with van der Waals surface area (Å²) >= 11 is 0. The Labute approximate surface area is 117 Å². The van der Waals surface area contributed by atoms with Gasteiger partial charge in [-0.25, -0.2) is 0 Å². The van der Waals surface area contributed by atoms with Gasteiger partial charge in [-0.05, 0) is 42.2 Å². The number of likely N-dealkylation sites (tertiary alicyclic amines) is 1. The third-order valence-electron chi connectivity index (χ3n) is 5.07. The molecule has 2 heteroatoms. The lowest BCUT2D eigenvalue weighted by molar-refractivity contribution is 0.292. The van der Waals surface area contributed by atoms with Crippen molar-refractivity contribution in [3.63, 3.8) is 0 Å². The number of nitrogens with zero attached hydrogens (tertiary/aromatic N) is 1. The standard InChI is InChI=1S/C17H26N2/c1-2-13-6-8-14(9-7-13)17(18)12-19-10-15-4-3-5-16(15)11-19/h6-9,15-17H,2-5,10-12,18H2,1H3. The van der Waals surface area contributed by atoms with Crippen LogP contribution in [0, 0.1) is 11.8 Å². The molecule has 3 unspecified atom stereocenters. The van der Waals surface area contributed by atoms with Gasteiger partial charge in [0.1, 0.15) is 0 Å². The van der Waals surface area contributed by atoms with Crippen molar-refractivity contribution in [2.24, 2.45) is 17.6 Å². The van der Waals surface area contributed by atoms with E-state index in [0.29, 0.717) is 0 Å². The molecule has 1 aromatic rings. The summed E-state index contributed by atoms with van der Waals surface area (Å²) in [5, 5.41) is 0. The molecule has 2 aliphatic rings. The Morgan fingerprint density at radius 2 is 1.79 bits per heavy atom. The molecule has 1 saturated carbocycles. The quantitative estimate of drug-likeness (QED) is 0.899. The average Bonchev–Trinajstić information content (AvgIpc) is 2.99. The molecular formula is C17H26N2. The maximum atomic E-state index is 6.38. The zero-order valence-corrected chi connectivity index (χ0v) is 12.0. The Bertz CT molecular complexity index is 400. The van der Waals surface area contributed by atoms with Crippen LogP contribution in [0.4, 0.5) is 0 Å². The summed E-state index contributed by atoms with van der Waals surface area (Å²) in [5.41, 5.74) is 9.06. The van der Waals surface area contributed by atoms with Gasteiger partial charge >= 0.3 is 0 Å². The third-order valence-corrected chi connectivity index (χ3v) is 5.07. The van der Waals surface area contributed by atoms with Crippen LogP contribution in [0.15, 0.2) is 24.3 Å². The van der Waals surface area contributed by atoms with Crippen molar-refractivity contribution >= 4 is 0 Å². The van der Waals surface area contributed by atoms with E-state index in [4.69, 9.17) is 5.73 Å². The molecule has 19 heavy (non-hydrogen) atoms. The topological polar surface area (TPSA) is 29.3 Å². The van der Waals surface area contributed by atoms with Gasteiger partial charge in [0, 0.05) is 25.7 Å². The molecule has 3 rings (SSSR count). The number of aryl methyl sites for hydroxylation is 1. The highest BCUT2D eigenvalue weighted by Gasteiger charge is 2.36. The van der Waals surface area contributed by atoms with Crippen molar-refractivity contribution in [1.29, 1.82) is 0 Å². The first-order valence-corrected chi connectivity index (χ1v) is 7.83. The molecule has 1 saturated heterocycles. The van der Waals surface area contributed by atoms with Gasteiger partial charge in [0.05, 0.1) is 0 Å². The van der Waals surface area contributed by atoms with Crippen LogP contribution in [0.1, 0.15) is 43.4 Å². The molecule has 0 spiro atoms. The van der Waals surface area contributed by atoms with E-state index < -0.39 is 0 Å². The van der Waals surface area contributed by atoms with Crippen LogP contribution in [-0.4, -0.2) is 24.5 Å². The summed E-state index contributed by atoms with van der Waals surface area (Å²) in [4.78, 5) is 2.59. The van der Waals surface area contributed by atoms with E-state index in [0.717, 1.165) is 24.8 Å². The van der Waals surface area contributed by atoms with Gasteiger partial charge in [-0.1, -0.05) is 37.6 Å². The lowest BCUT2D eigenvalue weighted by Crippen LogP contribution is -2.31. The predicted molar refractivity (Wildman–Crippen MR) is 80.0 cm³/mol. The molecule has 0 radical (unpaired) electrons. The number of rotatable bonds is 4. The summed E-state index contributed by atoms with van der Waals surface area (Å²) in [6.07, 6.45) is 5.45. The number of hydrogen-bond donors (Lipinski definition) is 1. The van der Waals surface area contributed by atoms with Crippen molar-refractivity contribution in [2.75, 3.05) is 19.6 Å². The van der Waals surface area contributed by atoms with Crippen LogP contribution in [-0.2, 0) is 6.42 Å². The molecule has 0 aromatic heterocycles. The molecule has 104 valence electrons. The molecule has 2 nitrogen and oxygen atoms in total. The summed E-state index contributed by atoms with van der Waals surface area (Å²) in [6, 6.07) is 9.02. The number of fused-ring (bicyclic) bond motifs is 1. The summed E-state index contributed by atoms with van der Waals surface area (Å²) in [6.45, 7) is 5.78. The van der Waals surface area contributed by atoms with Gasteiger partial charge in [0.2, 0.25) is 0 Å². The second-order valence-electron chi connectivity index (χ2n) is 6.37. The van der Waals surface area contributed by atoms with E-state index >= 15 is 0 Å². The molecule has 1 heterocycles. The summed E-state index contributed by atoms with van der Waals surface area (Å²) < 4.78 is 0. The molecule has 2 N–H and O–H groups in total. The van der Waals surface area contributed by atoms with E-state index in [1.807, 2.05) is 0 Å². The Kier molecular flexibility index (Phi) is 3.90. The maximum absolute atomic E-state index is 6.38. The first-order valence-electron chi connectivity index (χ1n) is 7.83. The minimum absolute atomic E-state index is 0.171. The minimum Gasteiger partial charge on any atom is -0.323 e. The van der Waals surface area contributed by atoms with Gasteiger partial charge in [-0.3, -0.25) is 0 Å². The first-order chi connectivity index (χ1) is 9.26. The van der Waals surface area contributed by atoms with Crippen LogP contribution < -0.4 is 5.73 Å². The molecular weight excluding hydrogens is 232 g/mol. The zero-order chi connectivity index (χ0) is 13.2. The van der Waals surface area contributed by atoms with Crippen LogP contribution in [0.3, 0.4) is 0 Å². The van der Waals surface area contributed by atoms with Gasteiger partial charge in [-0.2, -0.15) is 0 Å². The van der Waals surface area contributed by atoms with Gasteiger partial charge in [0.25, 0.3) is 0 Å². The maximum Gasteiger partial charge on any atom is 0.0424 e. The van der Waals surface area contributed by atoms with E-state index in [-0.39, 0.29) is 6.04 Å². The van der Waals surface area contributed by atoms with E-state index in [9.17, 15) is 0 Å². The highest BCUT2D eigenvalue weighted by atomic mass is 15.2. The van der Waals surface area contributed by atoms with Crippen molar-refractivity contribution in [1.82, 2.24) is 4.90 Å². The molecule has 1 aliphatic heterocycles. The first kappa shape index (κ1) is 13.1. The van der Waals surface area contributed by atoms with Crippen LogP contribution >= 0.6 is 0 Å². The van der Waals surface area contributed by atoms with Crippen LogP contribution in [0.5, 0.6) is 0 Å². The fourth-order valence-corrected chi connectivity index (χ4v) is 3.87. The normalized spacial score (nSPS) is 28.5. The van der Waals surface area contributed by atoms with E-state index in [2.05, 4.69) is 36.1 Å². The smallest absolute Gasteiger partial charge is 0.0424 e. The Hall–Kier alpha value is -0.860. The molecule has 0 bridgehead atoms. The van der Waals surface area contributed by atoms with Crippen LogP contribution in [0.2, 0.25) is 0 Å². The van der Waals surface area contributed by atoms with Crippen molar-refractivity contribution in [3.05, 3.63) is 35.4 Å². The largest absolute Gasteiger partial charge is 0.323 e. The highest BCUT2D eigenvalue weighted by Crippen LogP contribution is 2.38. The molecule has 0 amide bonds. The predicted octanol–water partition coefficient (Wildman–Crippen LogP) is 2.98. The minimum atomic E-state index is 0.171. The lowest BCUT2D eigenvalue weighted by Gasteiger charge is -2.22. The van der Waals surface area contributed by atoms with Gasteiger partial charge < -0.3 is 10.6 Å². The SMILES string of the molecule is CCc1ccc(C(N)CN2CC3CCCC3C2)cc1. The average molecular weight is 258 g/mol. The fourth-order valence-electron chi connectivity index (χ4n) is 3.87. The number of nitrogens with two attached hydrogens (primary N) is 1. The lowest BCUT2D eigenvalue weighted by atomic mass is 10.0. The second kappa shape index (κ2) is 5.64. The fraction of sp³-hybridized carbons (Fsp3) is 0.647. The third kappa shape index (κ3) is 2.85. The Balaban J connectivity index is 1.57. The Morgan fingerprint density at radius 3 is 2.37 bits per heavy atom. The molecule has 1 aromatic carbocycles. The second-order valence-corrected chi connectivity index (χ2v) is 6.37. The molecule has 3 atom stereocenters. The Morgan fingerprint density at radius 1 is 1.16 bits per heavy atom. The van der Waals surface area contributed by atoms with E-state index in [1.54, 1.807) is 0 Å². The van der Waals surface area contributed by atoms with Crippen LogP contribution in [0.25, 0.3) is 0 Å². The van der Waals surface area contributed by atoms with Gasteiger partial charge in [-0.15, -0.1) is 0 Å². The summed E-state index contributed by atoms with van der Waals surface area (Å²) in [7, 11) is 0. The monoisotopic (exact) mass is 258 g/mol. The highest BCUT2D eigenvalue weighted by molar-refractivity contribution is 5.25.